The van der Waals surface area contributed by atoms with Gasteiger partial charge < -0.3 is 10.1 Å². The zero-order valence-corrected chi connectivity index (χ0v) is 17.1. The fourth-order valence-electron chi connectivity index (χ4n) is 2.58. The van der Waals surface area contributed by atoms with Crippen LogP contribution in [-0.2, 0) is 7.05 Å². The van der Waals surface area contributed by atoms with Crippen molar-refractivity contribution in [2.45, 2.75) is 19.2 Å². The molecule has 7 nitrogen and oxygen atoms in total. The molecule has 1 atom stereocenters. The second-order valence-corrected chi connectivity index (χ2v) is 7.00. The zero-order valence-electron chi connectivity index (χ0n) is 16.4. The maximum Gasteiger partial charge on any atom is 0.425 e. The van der Waals surface area contributed by atoms with E-state index in [1.54, 1.807) is 0 Å². The third kappa shape index (κ3) is 4.59. The van der Waals surface area contributed by atoms with E-state index < -0.39 is 58.2 Å². The number of aromatic nitrogens is 3. The smallest absolute Gasteiger partial charge is 0.425 e. The predicted molar refractivity (Wildman–Crippen MR) is 104 cm³/mol. The Morgan fingerprint density at radius 2 is 1.91 bits per heavy atom. The quantitative estimate of drug-likeness (QED) is 0.563. The van der Waals surface area contributed by atoms with Gasteiger partial charge in [-0.15, -0.1) is 0 Å². The first-order valence-corrected chi connectivity index (χ1v) is 9.21. The minimum atomic E-state index is -4.82. The van der Waals surface area contributed by atoms with E-state index in [-0.39, 0.29) is 5.02 Å². The molecular formula is C19H14ClF5N4O3. The van der Waals surface area contributed by atoms with Crippen molar-refractivity contribution in [3.8, 4) is 11.4 Å². The van der Waals surface area contributed by atoms with Crippen LogP contribution in [0.15, 0.2) is 41.5 Å². The predicted octanol–water partition coefficient (Wildman–Crippen LogP) is 4.08. The zero-order chi connectivity index (χ0) is 23.8. The average molecular weight is 477 g/mol. The molecule has 0 saturated carbocycles. The monoisotopic (exact) mass is 476 g/mol. The fourth-order valence-corrected chi connectivity index (χ4v) is 2.79. The van der Waals surface area contributed by atoms with E-state index in [9.17, 15) is 31.5 Å². The number of para-hydroxylation sites is 1. The number of amides is 1. The van der Waals surface area contributed by atoms with Crippen LogP contribution < -0.4 is 15.7 Å². The number of rotatable bonds is 5. The van der Waals surface area contributed by atoms with Crippen molar-refractivity contribution in [3.05, 3.63) is 69.4 Å². The normalized spacial score (nSPS) is 12.5. The van der Waals surface area contributed by atoms with Crippen LogP contribution in [0.2, 0.25) is 5.02 Å². The van der Waals surface area contributed by atoms with E-state index in [0.29, 0.717) is 17.7 Å². The lowest BCUT2D eigenvalue weighted by Gasteiger charge is -2.20. The molecule has 0 bridgehead atoms. The van der Waals surface area contributed by atoms with Gasteiger partial charge in [-0.3, -0.25) is 9.36 Å². The molecule has 2 aromatic carbocycles. The first-order valence-electron chi connectivity index (χ1n) is 8.83. The molecule has 3 rings (SSSR count). The molecule has 0 aliphatic heterocycles. The number of ether oxygens (including phenoxy) is 1. The van der Waals surface area contributed by atoms with Crippen molar-refractivity contribution in [3.63, 3.8) is 0 Å². The van der Waals surface area contributed by atoms with E-state index in [0.717, 1.165) is 23.0 Å². The fraction of sp³-hybridized carbons (Fsp3) is 0.211. The van der Waals surface area contributed by atoms with Gasteiger partial charge in [0.15, 0.2) is 6.10 Å². The van der Waals surface area contributed by atoms with Crippen molar-refractivity contribution >= 4 is 23.2 Å². The second-order valence-electron chi connectivity index (χ2n) is 6.59. The van der Waals surface area contributed by atoms with Crippen LogP contribution in [0, 0.1) is 11.6 Å². The molecule has 1 aromatic heterocycles. The summed E-state index contributed by atoms with van der Waals surface area (Å²) in [6, 6.07) is 4.80. The summed E-state index contributed by atoms with van der Waals surface area (Å²) in [7, 11) is 1.33. The van der Waals surface area contributed by atoms with Crippen molar-refractivity contribution in [2.75, 3.05) is 5.32 Å². The molecule has 1 heterocycles. The highest BCUT2D eigenvalue weighted by Crippen LogP contribution is 2.32. The summed E-state index contributed by atoms with van der Waals surface area (Å²) in [4.78, 5) is 24.8. The van der Waals surface area contributed by atoms with Gasteiger partial charge in [0.2, 0.25) is 0 Å². The van der Waals surface area contributed by atoms with Crippen molar-refractivity contribution < 1.29 is 31.5 Å². The lowest BCUT2D eigenvalue weighted by Crippen LogP contribution is -2.32. The van der Waals surface area contributed by atoms with Crippen LogP contribution in [-0.4, -0.2) is 32.5 Å². The molecule has 1 N–H and O–H groups in total. The van der Waals surface area contributed by atoms with Gasteiger partial charge in [-0.25, -0.2) is 13.6 Å². The van der Waals surface area contributed by atoms with Gasteiger partial charge in [-0.05, 0) is 25.1 Å². The number of anilines is 1. The highest BCUT2D eigenvalue weighted by Gasteiger charge is 2.39. The molecule has 0 unspecified atom stereocenters. The molecule has 1 amide bonds. The highest BCUT2D eigenvalue weighted by molar-refractivity contribution is 6.34. The van der Waals surface area contributed by atoms with E-state index >= 15 is 0 Å². The van der Waals surface area contributed by atoms with Gasteiger partial charge in [0.05, 0.1) is 16.3 Å². The third-order valence-corrected chi connectivity index (χ3v) is 4.63. The van der Waals surface area contributed by atoms with E-state index in [4.69, 9.17) is 16.3 Å². The number of carbonyl (C=O) groups is 1. The molecule has 0 aliphatic rings. The summed E-state index contributed by atoms with van der Waals surface area (Å²) in [5, 5.41) is 5.56. The number of alkyl halides is 3. The minimum absolute atomic E-state index is 0.193. The van der Waals surface area contributed by atoms with Crippen LogP contribution >= 0.6 is 11.6 Å². The molecule has 0 spiro atoms. The minimum Gasteiger partial charge on any atom is -0.480 e. The molecule has 13 heteroatoms. The summed E-state index contributed by atoms with van der Waals surface area (Å²) < 4.78 is 74.4. The summed E-state index contributed by atoms with van der Waals surface area (Å²) in [5.41, 5.74) is -2.50. The first-order chi connectivity index (χ1) is 14.9. The molecule has 0 fully saturated rings. The maximum absolute atomic E-state index is 14.8. The summed E-state index contributed by atoms with van der Waals surface area (Å²) in [5.74, 6) is -3.99. The molecule has 0 radical (unpaired) electrons. The Kier molecular flexibility index (Phi) is 6.26. The number of halogens is 6. The largest absolute Gasteiger partial charge is 0.480 e. The van der Waals surface area contributed by atoms with Crippen LogP contribution in [0.25, 0.3) is 5.69 Å². The first kappa shape index (κ1) is 23.3. The SMILES string of the molecule is C[C@H](Oc1cc(-n2ncn(C)c2=O)c(F)cc1C(=O)Nc1c(F)cccc1Cl)C(F)(F)F. The Bertz CT molecular complexity index is 1220. The Balaban J connectivity index is 2.11. The number of benzene rings is 2. The maximum atomic E-state index is 14.8. The van der Waals surface area contributed by atoms with Crippen LogP contribution in [0.1, 0.15) is 17.3 Å². The van der Waals surface area contributed by atoms with Crippen molar-refractivity contribution in [1.29, 1.82) is 0 Å². The highest BCUT2D eigenvalue weighted by atomic mass is 35.5. The van der Waals surface area contributed by atoms with Gasteiger partial charge in [-0.1, -0.05) is 17.7 Å². The molecule has 0 aliphatic carbocycles. The summed E-state index contributed by atoms with van der Waals surface area (Å²) >= 11 is 5.84. The van der Waals surface area contributed by atoms with E-state index in [2.05, 4.69) is 10.4 Å². The Morgan fingerprint density at radius 3 is 2.47 bits per heavy atom. The van der Waals surface area contributed by atoms with E-state index in [1.165, 1.54) is 19.2 Å². The number of nitrogens with zero attached hydrogens (tertiary/aromatic N) is 3. The van der Waals surface area contributed by atoms with Crippen LogP contribution in [0.4, 0.5) is 27.6 Å². The van der Waals surface area contributed by atoms with Gasteiger partial charge in [-0.2, -0.15) is 23.0 Å². The number of aryl methyl sites for hydroxylation is 1. The van der Waals surface area contributed by atoms with Crippen LogP contribution in [0.5, 0.6) is 5.75 Å². The van der Waals surface area contributed by atoms with Crippen molar-refractivity contribution in [1.82, 2.24) is 14.3 Å². The third-order valence-electron chi connectivity index (χ3n) is 4.31. The van der Waals surface area contributed by atoms with Gasteiger partial charge in [0, 0.05) is 13.1 Å². The lowest BCUT2D eigenvalue weighted by atomic mass is 10.1. The molecular weight excluding hydrogens is 463 g/mol. The van der Waals surface area contributed by atoms with Crippen LogP contribution in [0.3, 0.4) is 0 Å². The summed E-state index contributed by atoms with van der Waals surface area (Å²) in [6.07, 6.45) is -6.16. The number of carbonyl (C=O) groups excluding carboxylic acids is 1. The Hall–Kier alpha value is -3.41. The van der Waals surface area contributed by atoms with E-state index in [1.807, 2.05) is 0 Å². The van der Waals surface area contributed by atoms with Gasteiger partial charge in [0.1, 0.15) is 29.4 Å². The van der Waals surface area contributed by atoms with Gasteiger partial charge >= 0.3 is 11.9 Å². The summed E-state index contributed by atoms with van der Waals surface area (Å²) in [6.45, 7) is 0.672. The standard InChI is InChI=1S/C19H14ClF5N4O3/c1-9(19(23,24)25)32-15-7-14(29-18(31)28(2)8-26-29)13(22)6-10(15)17(30)27-16-11(20)4-3-5-12(16)21/h3-9H,1-2H3,(H,27,30)/t9-/m0/s1. The Morgan fingerprint density at radius 1 is 1.22 bits per heavy atom. The molecule has 170 valence electrons. The van der Waals surface area contributed by atoms with Gasteiger partial charge in [0.25, 0.3) is 5.91 Å². The number of hydrogen-bond acceptors (Lipinski definition) is 4. The van der Waals surface area contributed by atoms with Crippen molar-refractivity contribution in [2.24, 2.45) is 7.05 Å². The molecule has 32 heavy (non-hydrogen) atoms. The molecule has 3 aromatic rings. The molecule has 0 saturated heterocycles. The lowest BCUT2D eigenvalue weighted by molar-refractivity contribution is -0.189. The number of nitrogens with one attached hydrogen (secondary N) is 1. The second kappa shape index (κ2) is 8.61. The Labute approximate surface area is 182 Å². The topological polar surface area (TPSA) is 78.2 Å². The number of hydrogen-bond donors (Lipinski definition) is 1. The average Bonchev–Trinajstić information content (AvgIpc) is 3.03.